The molecule has 0 atom stereocenters. The second-order valence-electron chi connectivity index (χ2n) is 9.53. The summed E-state index contributed by atoms with van der Waals surface area (Å²) in [6.45, 7) is 5.81. The zero-order chi connectivity index (χ0) is 24.2. The van der Waals surface area contributed by atoms with E-state index in [1.54, 1.807) is 18.2 Å². The van der Waals surface area contributed by atoms with Gasteiger partial charge in [-0.2, -0.15) is 0 Å². The summed E-state index contributed by atoms with van der Waals surface area (Å²) in [5, 5.41) is 6.38. The molecule has 0 radical (unpaired) electrons. The molecule has 2 saturated heterocycles. The molecule has 0 bridgehead atoms. The van der Waals surface area contributed by atoms with Gasteiger partial charge >= 0.3 is 0 Å². The van der Waals surface area contributed by atoms with Gasteiger partial charge in [-0.25, -0.2) is 0 Å². The molecular formula is C27H33N5O3. The Morgan fingerprint density at radius 3 is 2.31 bits per heavy atom. The highest BCUT2D eigenvalue weighted by molar-refractivity contribution is 6.07. The van der Waals surface area contributed by atoms with Crippen LogP contribution in [-0.2, 0) is 4.79 Å². The molecule has 0 spiro atoms. The van der Waals surface area contributed by atoms with E-state index in [-0.39, 0.29) is 23.6 Å². The molecular weight excluding hydrogens is 442 g/mol. The van der Waals surface area contributed by atoms with Crippen LogP contribution in [-0.4, -0.2) is 79.9 Å². The Labute approximate surface area is 206 Å². The number of piperazine rings is 1. The summed E-state index contributed by atoms with van der Waals surface area (Å²) in [5.74, 6) is 0.269. The standard InChI is InChI=1S/C27H33N5O3/c33-25(20-5-2-1-3-6-20)29-23-19-22(27(35)31-13-4-11-28-12-14-31)9-10-24(23)30-15-17-32(18-16-30)26(34)21-7-8-21/h1-3,5-6,9-10,19,21,28H,4,7-8,11-18H2,(H,29,33). The van der Waals surface area contributed by atoms with Gasteiger partial charge in [0.1, 0.15) is 0 Å². The predicted molar refractivity (Wildman–Crippen MR) is 136 cm³/mol. The minimum atomic E-state index is -0.210. The van der Waals surface area contributed by atoms with Crippen LogP contribution >= 0.6 is 0 Å². The van der Waals surface area contributed by atoms with Gasteiger partial charge in [-0.15, -0.1) is 0 Å². The lowest BCUT2D eigenvalue weighted by atomic mass is 10.1. The van der Waals surface area contributed by atoms with Crippen LogP contribution in [0.2, 0.25) is 0 Å². The summed E-state index contributed by atoms with van der Waals surface area (Å²) in [5.41, 5.74) is 2.64. The van der Waals surface area contributed by atoms with E-state index in [9.17, 15) is 14.4 Å². The molecule has 2 aliphatic heterocycles. The van der Waals surface area contributed by atoms with Crippen molar-refractivity contribution < 1.29 is 14.4 Å². The SMILES string of the molecule is O=C(Nc1cc(C(=O)N2CCCNCC2)ccc1N1CCN(C(=O)C2CC2)CC1)c1ccccc1. The van der Waals surface area contributed by atoms with Gasteiger partial charge in [-0.1, -0.05) is 18.2 Å². The van der Waals surface area contributed by atoms with Crippen molar-refractivity contribution in [1.29, 1.82) is 0 Å². The van der Waals surface area contributed by atoms with Gasteiger partial charge in [0.2, 0.25) is 5.91 Å². The van der Waals surface area contributed by atoms with Gasteiger partial charge in [0.15, 0.2) is 0 Å². The number of carbonyl (C=O) groups is 3. The van der Waals surface area contributed by atoms with Gasteiger partial charge in [0.25, 0.3) is 11.8 Å². The van der Waals surface area contributed by atoms with E-state index >= 15 is 0 Å². The first-order valence-electron chi connectivity index (χ1n) is 12.6. The molecule has 8 heteroatoms. The second kappa shape index (κ2) is 10.5. The minimum absolute atomic E-state index is 0.0182. The van der Waals surface area contributed by atoms with Crippen molar-refractivity contribution in [3.8, 4) is 0 Å². The molecule has 2 N–H and O–H groups in total. The number of rotatable bonds is 5. The van der Waals surface area contributed by atoms with Gasteiger partial charge in [0, 0.05) is 62.9 Å². The largest absolute Gasteiger partial charge is 0.366 e. The van der Waals surface area contributed by atoms with Crippen molar-refractivity contribution in [3.05, 3.63) is 59.7 Å². The smallest absolute Gasteiger partial charge is 0.255 e. The molecule has 184 valence electrons. The molecule has 1 aliphatic carbocycles. The Morgan fingerprint density at radius 1 is 0.800 bits per heavy atom. The Bertz CT molecular complexity index is 1070. The van der Waals surface area contributed by atoms with E-state index in [0.717, 1.165) is 44.6 Å². The molecule has 2 heterocycles. The number of carbonyl (C=O) groups excluding carboxylic acids is 3. The highest BCUT2D eigenvalue weighted by Crippen LogP contribution is 2.33. The maximum absolute atomic E-state index is 13.3. The van der Waals surface area contributed by atoms with Crippen LogP contribution in [0.1, 0.15) is 40.0 Å². The molecule has 2 aromatic rings. The first kappa shape index (κ1) is 23.4. The first-order chi connectivity index (χ1) is 17.1. The summed E-state index contributed by atoms with van der Waals surface area (Å²) >= 11 is 0. The molecule has 1 saturated carbocycles. The van der Waals surface area contributed by atoms with Crippen molar-refractivity contribution in [3.63, 3.8) is 0 Å². The lowest BCUT2D eigenvalue weighted by Gasteiger charge is -2.37. The Kier molecular flexibility index (Phi) is 6.99. The molecule has 3 amide bonds. The number of nitrogens with zero attached hydrogens (tertiary/aromatic N) is 3. The number of amides is 3. The molecule has 3 fully saturated rings. The number of benzene rings is 2. The van der Waals surface area contributed by atoms with E-state index < -0.39 is 0 Å². The van der Waals surface area contributed by atoms with Crippen LogP contribution in [0.25, 0.3) is 0 Å². The van der Waals surface area contributed by atoms with Crippen molar-refractivity contribution in [2.45, 2.75) is 19.3 Å². The van der Waals surface area contributed by atoms with Crippen LogP contribution in [0.15, 0.2) is 48.5 Å². The van der Waals surface area contributed by atoms with Crippen molar-refractivity contribution >= 4 is 29.1 Å². The quantitative estimate of drug-likeness (QED) is 0.694. The molecule has 5 rings (SSSR count). The Hall–Kier alpha value is -3.39. The lowest BCUT2D eigenvalue weighted by molar-refractivity contribution is -0.132. The normalized spacial score (nSPS) is 18.7. The Balaban J connectivity index is 1.37. The highest BCUT2D eigenvalue weighted by Gasteiger charge is 2.35. The predicted octanol–water partition coefficient (Wildman–Crippen LogP) is 2.43. The summed E-state index contributed by atoms with van der Waals surface area (Å²) in [4.78, 5) is 44.8. The molecule has 35 heavy (non-hydrogen) atoms. The maximum Gasteiger partial charge on any atom is 0.255 e. The van der Waals surface area contributed by atoms with E-state index in [1.807, 2.05) is 40.1 Å². The average Bonchev–Trinajstić information content (AvgIpc) is 3.76. The molecule has 2 aromatic carbocycles. The number of anilines is 2. The van der Waals surface area contributed by atoms with E-state index in [4.69, 9.17) is 0 Å². The van der Waals surface area contributed by atoms with Crippen LogP contribution < -0.4 is 15.5 Å². The molecule has 8 nitrogen and oxygen atoms in total. The van der Waals surface area contributed by atoms with Crippen molar-refractivity contribution in [2.24, 2.45) is 5.92 Å². The lowest BCUT2D eigenvalue weighted by Crippen LogP contribution is -2.49. The Morgan fingerprint density at radius 2 is 1.57 bits per heavy atom. The topological polar surface area (TPSA) is 85.0 Å². The van der Waals surface area contributed by atoms with Crippen molar-refractivity contribution in [1.82, 2.24) is 15.1 Å². The highest BCUT2D eigenvalue weighted by atomic mass is 16.2. The van der Waals surface area contributed by atoms with E-state index in [1.165, 1.54) is 0 Å². The summed E-state index contributed by atoms with van der Waals surface area (Å²) < 4.78 is 0. The van der Waals surface area contributed by atoms with Crippen LogP contribution in [0.4, 0.5) is 11.4 Å². The van der Waals surface area contributed by atoms with Crippen LogP contribution in [0.5, 0.6) is 0 Å². The maximum atomic E-state index is 13.3. The summed E-state index contributed by atoms with van der Waals surface area (Å²) in [6.07, 6.45) is 2.94. The third-order valence-corrected chi connectivity index (χ3v) is 7.01. The van der Waals surface area contributed by atoms with Crippen molar-refractivity contribution in [2.75, 3.05) is 62.6 Å². The fourth-order valence-corrected chi connectivity index (χ4v) is 4.82. The average molecular weight is 476 g/mol. The second-order valence-corrected chi connectivity index (χ2v) is 9.53. The third kappa shape index (κ3) is 5.48. The minimum Gasteiger partial charge on any atom is -0.366 e. The summed E-state index contributed by atoms with van der Waals surface area (Å²) in [7, 11) is 0. The fraction of sp³-hybridized carbons (Fsp3) is 0.444. The van der Waals surface area contributed by atoms with Crippen LogP contribution in [0.3, 0.4) is 0 Å². The molecule has 3 aliphatic rings. The van der Waals surface area contributed by atoms with Gasteiger partial charge in [-0.05, 0) is 56.1 Å². The molecule has 0 aromatic heterocycles. The zero-order valence-electron chi connectivity index (χ0n) is 20.0. The number of hydrogen-bond donors (Lipinski definition) is 2. The van der Waals surface area contributed by atoms with Crippen LogP contribution in [0, 0.1) is 5.92 Å². The van der Waals surface area contributed by atoms with E-state index in [2.05, 4.69) is 15.5 Å². The summed E-state index contributed by atoms with van der Waals surface area (Å²) in [6, 6.07) is 14.7. The number of hydrogen-bond acceptors (Lipinski definition) is 5. The van der Waals surface area contributed by atoms with Gasteiger partial charge < -0.3 is 25.3 Å². The first-order valence-corrected chi connectivity index (χ1v) is 12.6. The van der Waals surface area contributed by atoms with Gasteiger partial charge in [-0.3, -0.25) is 14.4 Å². The zero-order valence-corrected chi connectivity index (χ0v) is 20.0. The number of nitrogens with one attached hydrogen (secondary N) is 2. The van der Waals surface area contributed by atoms with E-state index in [0.29, 0.717) is 49.5 Å². The molecule has 0 unspecified atom stereocenters. The monoisotopic (exact) mass is 475 g/mol. The third-order valence-electron chi connectivity index (χ3n) is 7.01. The fourth-order valence-electron chi connectivity index (χ4n) is 4.82. The van der Waals surface area contributed by atoms with Gasteiger partial charge in [0.05, 0.1) is 11.4 Å².